The van der Waals surface area contributed by atoms with E-state index in [9.17, 15) is 5.11 Å². The zero-order valence-corrected chi connectivity index (χ0v) is 13.9. The molecule has 0 aromatic carbocycles. The number of aromatic nitrogens is 3. The van der Waals surface area contributed by atoms with Gasteiger partial charge in [0.25, 0.3) is 0 Å². The van der Waals surface area contributed by atoms with Crippen molar-refractivity contribution in [2.45, 2.75) is 19.4 Å². The summed E-state index contributed by atoms with van der Waals surface area (Å²) >= 11 is 0. The number of nitrogens with zero attached hydrogens (tertiary/aromatic N) is 4. The minimum absolute atomic E-state index is 0.0709. The van der Waals surface area contributed by atoms with Crippen LogP contribution in [0.15, 0.2) is 24.7 Å². The molecule has 0 saturated carbocycles. The van der Waals surface area contributed by atoms with E-state index in [0.29, 0.717) is 17.6 Å². The van der Waals surface area contributed by atoms with E-state index in [1.165, 1.54) is 12.4 Å². The van der Waals surface area contributed by atoms with Crippen molar-refractivity contribution in [1.82, 2.24) is 20.3 Å². The number of nitrogens with one attached hydrogen (secondary N) is 3. The molecule has 1 fully saturated rings. The highest BCUT2D eigenvalue weighted by atomic mass is 16.3. The van der Waals surface area contributed by atoms with Crippen molar-refractivity contribution < 1.29 is 5.11 Å². The number of pyridine rings is 1. The Morgan fingerprint density at radius 1 is 1.16 bits per heavy atom. The standard InChI is InChI=1S/C17H21N7O/c18-6-14-9-23-17(10-20-14)24-16-5-15(13(11-25)8-22-16)21-7-12-1-3-19-4-2-12/h5,8-10,12,19,25H,1-4,7,11H2,(H2,21,22,23,24). The maximum atomic E-state index is 9.53. The van der Waals surface area contributed by atoms with E-state index in [1.807, 2.05) is 12.1 Å². The predicted octanol–water partition coefficient (Wildman–Crippen LogP) is 1.39. The van der Waals surface area contributed by atoms with Crippen molar-refractivity contribution in [1.29, 1.82) is 5.26 Å². The Balaban J connectivity index is 1.68. The SMILES string of the molecule is N#Cc1cnc(Nc2cc(NCC3CCNCC3)c(CO)cn2)cn1. The van der Waals surface area contributed by atoms with E-state index < -0.39 is 0 Å². The molecule has 1 saturated heterocycles. The summed E-state index contributed by atoms with van der Waals surface area (Å²) in [5, 5.41) is 28.1. The van der Waals surface area contributed by atoms with Gasteiger partial charge in [-0.25, -0.2) is 15.0 Å². The lowest BCUT2D eigenvalue weighted by molar-refractivity contribution is 0.282. The molecule has 0 spiro atoms. The number of nitriles is 1. The van der Waals surface area contributed by atoms with Crippen LogP contribution in [0.25, 0.3) is 0 Å². The van der Waals surface area contributed by atoms with Gasteiger partial charge in [-0.05, 0) is 31.8 Å². The second kappa shape index (κ2) is 8.37. The topological polar surface area (TPSA) is 119 Å². The molecule has 130 valence electrons. The van der Waals surface area contributed by atoms with Crippen LogP contribution in [0.3, 0.4) is 0 Å². The Hall–Kier alpha value is -2.76. The zero-order valence-electron chi connectivity index (χ0n) is 13.9. The summed E-state index contributed by atoms with van der Waals surface area (Å²) in [6.07, 6.45) is 6.84. The zero-order chi connectivity index (χ0) is 17.5. The molecule has 2 aromatic heterocycles. The molecule has 1 aliphatic heterocycles. The van der Waals surface area contributed by atoms with Gasteiger partial charge in [-0.3, -0.25) is 0 Å². The number of aliphatic hydroxyl groups excluding tert-OH is 1. The second-order valence-electron chi connectivity index (χ2n) is 5.98. The fraction of sp³-hybridized carbons (Fsp3) is 0.412. The first kappa shape index (κ1) is 17.1. The van der Waals surface area contributed by atoms with Crippen LogP contribution in [-0.4, -0.2) is 39.7 Å². The molecular weight excluding hydrogens is 318 g/mol. The van der Waals surface area contributed by atoms with Crippen molar-refractivity contribution in [2.24, 2.45) is 5.92 Å². The quantitative estimate of drug-likeness (QED) is 0.623. The number of rotatable bonds is 6. The van der Waals surface area contributed by atoms with E-state index in [4.69, 9.17) is 5.26 Å². The largest absolute Gasteiger partial charge is 0.392 e. The average Bonchev–Trinajstić information content (AvgIpc) is 2.68. The highest BCUT2D eigenvalue weighted by molar-refractivity contribution is 5.61. The van der Waals surface area contributed by atoms with Crippen LogP contribution >= 0.6 is 0 Å². The average molecular weight is 339 g/mol. The molecule has 4 N–H and O–H groups in total. The molecular formula is C17H21N7O. The van der Waals surface area contributed by atoms with Crippen molar-refractivity contribution in [2.75, 3.05) is 30.3 Å². The molecule has 2 aromatic rings. The lowest BCUT2D eigenvalue weighted by atomic mass is 9.98. The maximum absolute atomic E-state index is 9.53. The third kappa shape index (κ3) is 4.62. The molecule has 25 heavy (non-hydrogen) atoms. The molecule has 8 heteroatoms. The van der Waals surface area contributed by atoms with Crippen LogP contribution in [0, 0.1) is 17.2 Å². The van der Waals surface area contributed by atoms with Crippen molar-refractivity contribution >= 4 is 17.3 Å². The van der Waals surface area contributed by atoms with E-state index in [0.717, 1.165) is 43.7 Å². The van der Waals surface area contributed by atoms with Crippen molar-refractivity contribution in [3.05, 3.63) is 35.9 Å². The molecule has 3 heterocycles. The number of hydrogen-bond acceptors (Lipinski definition) is 8. The van der Waals surface area contributed by atoms with Crippen LogP contribution in [0.5, 0.6) is 0 Å². The molecule has 0 unspecified atom stereocenters. The predicted molar refractivity (Wildman–Crippen MR) is 94.3 cm³/mol. The monoisotopic (exact) mass is 339 g/mol. The summed E-state index contributed by atoms with van der Waals surface area (Å²) in [5.41, 5.74) is 1.88. The molecule has 0 atom stereocenters. The fourth-order valence-electron chi connectivity index (χ4n) is 2.76. The number of hydrogen-bond donors (Lipinski definition) is 4. The second-order valence-corrected chi connectivity index (χ2v) is 5.98. The minimum atomic E-state index is -0.0709. The summed E-state index contributed by atoms with van der Waals surface area (Å²) < 4.78 is 0. The van der Waals surface area contributed by atoms with Gasteiger partial charge < -0.3 is 21.1 Å². The van der Waals surface area contributed by atoms with Crippen LogP contribution in [0.4, 0.5) is 17.3 Å². The van der Waals surface area contributed by atoms with Crippen LogP contribution in [0.2, 0.25) is 0 Å². The molecule has 0 aliphatic carbocycles. The van der Waals surface area contributed by atoms with Gasteiger partial charge in [-0.1, -0.05) is 0 Å². The van der Waals surface area contributed by atoms with Gasteiger partial charge in [0.1, 0.15) is 17.7 Å². The molecule has 8 nitrogen and oxygen atoms in total. The van der Waals surface area contributed by atoms with Crippen molar-refractivity contribution in [3.63, 3.8) is 0 Å². The summed E-state index contributed by atoms with van der Waals surface area (Å²) in [6.45, 7) is 2.91. The lowest BCUT2D eigenvalue weighted by Gasteiger charge is -2.24. The third-order valence-corrected chi connectivity index (χ3v) is 4.22. The summed E-state index contributed by atoms with van der Waals surface area (Å²) in [6, 6.07) is 3.78. The first-order valence-corrected chi connectivity index (χ1v) is 8.32. The van der Waals surface area contributed by atoms with Crippen LogP contribution in [0.1, 0.15) is 24.1 Å². The molecule has 0 bridgehead atoms. The molecule has 1 aliphatic rings. The Bertz CT molecular complexity index is 736. The Labute approximate surface area is 146 Å². The van der Waals surface area contributed by atoms with Gasteiger partial charge in [0.15, 0.2) is 5.69 Å². The highest BCUT2D eigenvalue weighted by Crippen LogP contribution is 2.22. The third-order valence-electron chi connectivity index (χ3n) is 4.22. The van der Waals surface area contributed by atoms with Gasteiger partial charge in [0.05, 0.1) is 19.0 Å². The summed E-state index contributed by atoms with van der Waals surface area (Å²) in [4.78, 5) is 12.4. The minimum Gasteiger partial charge on any atom is -0.392 e. The Kier molecular flexibility index (Phi) is 5.72. The molecule has 0 radical (unpaired) electrons. The van der Waals surface area contributed by atoms with Gasteiger partial charge in [-0.15, -0.1) is 0 Å². The van der Waals surface area contributed by atoms with E-state index >= 15 is 0 Å². The van der Waals surface area contributed by atoms with E-state index in [2.05, 4.69) is 30.9 Å². The summed E-state index contributed by atoms with van der Waals surface area (Å²) in [5.74, 6) is 1.73. The number of aliphatic hydroxyl groups is 1. The summed E-state index contributed by atoms with van der Waals surface area (Å²) in [7, 11) is 0. The van der Waals surface area contributed by atoms with E-state index in [1.54, 1.807) is 6.20 Å². The van der Waals surface area contributed by atoms with Crippen molar-refractivity contribution in [3.8, 4) is 6.07 Å². The molecule has 3 rings (SSSR count). The smallest absolute Gasteiger partial charge is 0.158 e. The highest BCUT2D eigenvalue weighted by Gasteiger charge is 2.14. The van der Waals surface area contributed by atoms with Gasteiger partial charge in [0, 0.05) is 30.1 Å². The normalized spacial score (nSPS) is 14.7. The number of piperidine rings is 1. The Morgan fingerprint density at radius 3 is 2.64 bits per heavy atom. The Morgan fingerprint density at radius 2 is 1.96 bits per heavy atom. The van der Waals surface area contributed by atoms with Gasteiger partial charge in [0.2, 0.25) is 0 Å². The molecule has 0 amide bonds. The first-order chi connectivity index (χ1) is 12.3. The first-order valence-electron chi connectivity index (χ1n) is 8.32. The fourth-order valence-corrected chi connectivity index (χ4v) is 2.76. The van der Waals surface area contributed by atoms with Gasteiger partial charge >= 0.3 is 0 Å². The van der Waals surface area contributed by atoms with E-state index in [-0.39, 0.29) is 12.3 Å². The van der Waals surface area contributed by atoms with Crippen LogP contribution < -0.4 is 16.0 Å². The number of anilines is 3. The maximum Gasteiger partial charge on any atom is 0.158 e. The van der Waals surface area contributed by atoms with Gasteiger partial charge in [-0.2, -0.15) is 5.26 Å². The lowest BCUT2D eigenvalue weighted by Crippen LogP contribution is -2.31. The van der Waals surface area contributed by atoms with Crippen LogP contribution in [-0.2, 0) is 6.61 Å².